The van der Waals surface area contributed by atoms with E-state index in [1.807, 2.05) is 12.1 Å². The Kier molecular flexibility index (Phi) is 5.43. The smallest absolute Gasteiger partial charge is 0.287 e. The summed E-state index contributed by atoms with van der Waals surface area (Å²) in [5.74, 6) is 1.02. The van der Waals surface area contributed by atoms with Crippen molar-refractivity contribution in [3.63, 3.8) is 0 Å². The van der Waals surface area contributed by atoms with Crippen LogP contribution in [-0.4, -0.2) is 24.3 Å². The Labute approximate surface area is 161 Å². The van der Waals surface area contributed by atoms with Crippen LogP contribution in [-0.2, 0) is 6.42 Å². The van der Waals surface area contributed by atoms with Crippen LogP contribution in [0.5, 0.6) is 11.5 Å². The molecule has 0 atom stereocenters. The molecule has 0 unspecified atom stereocenters. The molecule has 27 heavy (non-hydrogen) atoms. The van der Waals surface area contributed by atoms with Crippen LogP contribution in [0.1, 0.15) is 16.8 Å². The van der Waals surface area contributed by atoms with Gasteiger partial charge in [-0.2, -0.15) is 10.4 Å². The highest BCUT2D eigenvalue weighted by atomic mass is 35.5. The van der Waals surface area contributed by atoms with E-state index in [9.17, 15) is 4.79 Å². The van der Waals surface area contributed by atoms with Gasteiger partial charge in [0.2, 0.25) is 0 Å². The third kappa shape index (κ3) is 4.46. The number of hydrogen-bond acceptors (Lipinski definition) is 5. The molecule has 1 heterocycles. The molecule has 0 fully saturated rings. The van der Waals surface area contributed by atoms with E-state index in [-0.39, 0.29) is 5.56 Å². The second kappa shape index (κ2) is 7.94. The number of halogens is 1. The first-order valence-corrected chi connectivity index (χ1v) is 8.56. The van der Waals surface area contributed by atoms with Gasteiger partial charge in [0.25, 0.3) is 5.56 Å². The molecule has 6 nitrogen and oxygen atoms in total. The molecule has 0 aliphatic carbocycles. The summed E-state index contributed by atoms with van der Waals surface area (Å²) in [4.78, 5) is 13.5. The summed E-state index contributed by atoms with van der Waals surface area (Å²) in [6, 6.07) is 16.1. The maximum atomic E-state index is 11.8. The van der Waals surface area contributed by atoms with Gasteiger partial charge in [-0.05, 0) is 42.0 Å². The fourth-order valence-electron chi connectivity index (χ4n) is 2.56. The van der Waals surface area contributed by atoms with E-state index in [4.69, 9.17) is 21.6 Å². The number of anilines is 1. The van der Waals surface area contributed by atoms with E-state index in [2.05, 4.69) is 16.3 Å². The number of benzene rings is 2. The monoisotopic (exact) mass is 380 g/mol. The van der Waals surface area contributed by atoms with Crippen LogP contribution in [0.3, 0.4) is 0 Å². The molecule has 2 aromatic carbocycles. The number of ether oxygens (including phenoxy) is 1. The van der Waals surface area contributed by atoms with Crippen LogP contribution in [0.2, 0.25) is 5.02 Å². The van der Waals surface area contributed by atoms with Crippen molar-refractivity contribution < 1.29 is 4.74 Å². The number of nitrogens with zero attached hydrogens (tertiary/aromatic N) is 3. The fraction of sp³-hybridized carbons (Fsp3) is 0.150. The Morgan fingerprint density at radius 3 is 2.78 bits per heavy atom. The van der Waals surface area contributed by atoms with Gasteiger partial charge in [-0.1, -0.05) is 23.7 Å². The first kappa shape index (κ1) is 18.5. The SMILES string of the molecule is CN(C)c1cc(Cc2ccc(Cl)c(Oc3cccc(C#N)c3)c2)n[nH]c1=O. The number of hydrogen-bond donors (Lipinski definition) is 1. The normalized spacial score (nSPS) is 10.3. The lowest BCUT2D eigenvalue weighted by Crippen LogP contribution is -2.22. The van der Waals surface area contributed by atoms with Gasteiger partial charge in [0.15, 0.2) is 0 Å². The van der Waals surface area contributed by atoms with Gasteiger partial charge < -0.3 is 9.64 Å². The predicted octanol–water partition coefficient (Wildman–Crippen LogP) is 3.74. The van der Waals surface area contributed by atoms with Crippen molar-refractivity contribution in [1.29, 1.82) is 5.26 Å². The zero-order chi connectivity index (χ0) is 19.4. The lowest BCUT2D eigenvalue weighted by molar-refractivity contribution is 0.482. The molecule has 0 spiro atoms. The maximum Gasteiger partial charge on any atom is 0.287 e. The minimum absolute atomic E-state index is 0.235. The standard InChI is InChI=1S/C20H17ClN4O2/c1-25(2)18-11-15(23-24-20(18)26)8-13-6-7-17(21)19(10-13)27-16-5-3-4-14(9-16)12-22/h3-7,9-11H,8H2,1-2H3,(H,24,26). The van der Waals surface area contributed by atoms with Gasteiger partial charge in [-0.3, -0.25) is 4.79 Å². The molecule has 0 bridgehead atoms. The van der Waals surface area contributed by atoms with Gasteiger partial charge >= 0.3 is 0 Å². The highest BCUT2D eigenvalue weighted by molar-refractivity contribution is 6.32. The Morgan fingerprint density at radius 2 is 2.04 bits per heavy atom. The minimum atomic E-state index is -0.235. The molecular weight excluding hydrogens is 364 g/mol. The van der Waals surface area contributed by atoms with Crippen LogP contribution in [0, 0.1) is 11.3 Å². The molecule has 0 aliphatic rings. The number of nitrogens with one attached hydrogen (secondary N) is 1. The van der Waals surface area contributed by atoms with Crippen LogP contribution in [0.25, 0.3) is 0 Å². The summed E-state index contributed by atoms with van der Waals surface area (Å²) in [5, 5.41) is 16.1. The van der Waals surface area contributed by atoms with Crippen molar-refractivity contribution in [2.24, 2.45) is 0 Å². The zero-order valence-corrected chi connectivity index (χ0v) is 15.6. The molecule has 0 radical (unpaired) electrons. The van der Waals surface area contributed by atoms with Crippen molar-refractivity contribution in [3.05, 3.63) is 80.7 Å². The number of nitriles is 1. The minimum Gasteiger partial charge on any atom is -0.456 e. The molecule has 1 N–H and O–H groups in total. The Balaban J connectivity index is 1.86. The van der Waals surface area contributed by atoms with E-state index in [1.54, 1.807) is 55.4 Å². The predicted molar refractivity (Wildman–Crippen MR) is 105 cm³/mol. The van der Waals surface area contributed by atoms with Crippen LogP contribution in [0.15, 0.2) is 53.3 Å². The molecule has 0 saturated heterocycles. The first-order valence-electron chi connectivity index (χ1n) is 8.18. The largest absolute Gasteiger partial charge is 0.456 e. The molecule has 136 valence electrons. The lowest BCUT2D eigenvalue weighted by atomic mass is 10.1. The molecule has 3 rings (SSSR count). The Bertz CT molecular complexity index is 1070. The highest BCUT2D eigenvalue weighted by Crippen LogP contribution is 2.31. The molecule has 7 heteroatoms. The van der Waals surface area contributed by atoms with Crippen molar-refractivity contribution in [2.75, 3.05) is 19.0 Å². The quantitative estimate of drug-likeness (QED) is 0.729. The average molecular weight is 381 g/mol. The fourth-order valence-corrected chi connectivity index (χ4v) is 2.72. The third-order valence-corrected chi connectivity index (χ3v) is 4.20. The molecule has 0 aliphatic heterocycles. The highest BCUT2D eigenvalue weighted by Gasteiger charge is 2.09. The lowest BCUT2D eigenvalue weighted by Gasteiger charge is -2.12. The van der Waals surface area contributed by atoms with Crippen molar-refractivity contribution in [3.8, 4) is 17.6 Å². The Morgan fingerprint density at radius 1 is 1.22 bits per heavy atom. The summed E-state index contributed by atoms with van der Waals surface area (Å²) in [7, 11) is 3.61. The molecule has 0 amide bonds. The molecular formula is C20H17ClN4O2. The molecule has 0 saturated carbocycles. The number of rotatable bonds is 5. The summed E-state index contributed by atoms with van der Waals surface area (Å²) >= 11 is 6.25. The van der Waals surface area contributed by atoms with Gasteiger partial charge in [-0.25, -0.2) is 5.10 Å². The summed E-state index contributed by atoms with van der Waals surface area (Å²) in [6.45, 7) is 0. The summed E-state index contributed by atoms with van der Waals surface area (Å²) < 4.78 is 5.84. The molecule has 1 aromatic heterocycles. The van der Waals surface area contributed by atoms with Gasteiger partial charge in [0.1, 0.15) is 17.2 Å². The zero-order valence-electron chi connectivity index (χ0n) is 14.9. The van der Waals surface area contributed by atoms with E-state index in [0.29, 0.717) is 34.2 Å². The summed E-state index contributed by atoms with van der Waals surface area (Å²) in [6.07, 6.45) is 0.503. The Hall–Kier alpha value is -3.30. The van der Waals surface area contributed by atoms with E-state index in [1.165, 1.54) is 0 Å². The van der Waals surface area contributed by atoms with Crippen molar-refractivity contribution in [2.45, 2.75) is 6.42 Å². The van der Waals surface area contributed by atoms with Crippen molar-refractivity contribution >= 4 is 17.3 Å². The maximum absolute atomic E-state index is 11.8. The van der Waals surface area contributed by atoms with E-state index in [0.717, 1.165) is 11.3 Å². The van der Waals surface area contributed by atoms with Crippen LogP contribution in [0.4, 0.5) is 5.69 Å². The third-order valence-electron chi connectivity index (χ3n) is 3.89. The first-order chi connectivity index (χ1) is 13.0. The van der Waals surface area contributed by atoms with Crippen LogP contribution < -0.4 is 15.2 Å². The number of aromatic nitrogens is 2. The van der Waals surface area contributed by atoms with E-state index >= 15 is 0 Å². The average Bonchev–Trinajstić information content (AvgIpc) is 2.66. The van der Waals surface area contributed by atoms with Gasteiger partial charge in [0, 0.05) is 20.5 Å². The number of H-pyrrole nitrogens is 1. The van der Waals surface area contributed by atoms with Gasteiger partial charge in [-0.15, -0.1) is 0 Å². The van der Waals surface area contributed by atoms with Gasteiger partial charge in [0.05, 0.1) is 22.3 Å². The molecule has 3 aromatic rings. The second-order valence-corrected chi connectivity index (χ2v) is 6.56. The van der Waals surface area contributed by atoms with E-state index < -0.39 is 0 Å². The van der Waals surface area contributed by atoms with Crippen LogP contribution >= 0.6 is 11.6 Å². The van der Waals surface area contributed by atoms with Crippen molar-refractivity contribution in [1.82, 2.24) is 10.2 Å². The second-order valence-electron chi connectivity index (χ2n) is 6.15. The topological polar surface area (TPSA) is 82.0 Å². The summed E-state index contributed by atoms with van der Waals surface area (Å²) in [5.41, 5.74) is 2.46. The number of aromatic amines is 1.